The van der Waals surface area contributed by atoms with Crippen molar-refractivity contribution in [1.29, 1.82) is 0 Å². The van der Waals surface area contributed by atoms with E-state index in [4.69, 9.17) is 4.52 Å². The fourth-order valence-corrected chi connectivity index (χ4v) is 3.06. The average Bonchev–Trinajstić information content (AvgIpc) is 3.15. The number of pyridine rings is 1. The Morgan fingerprint density at radius 1 is 1.21 bits per heavy atom. The number of hydrogen-bond acceptors (Lipinski definition) is 6. The first kappa shape index (κ1) is 20.4. The van der Waals surface area contributed by atoms with Crippen molar-refractivity contribution in [2.75, 3.05) is 11.9 Å². The molecule has 8 heteroatoms. The number of carboxylic acids is 1. The Hall–Kier alpha value is -3.29. The maximum absolute atomic E-state index is 13.5. The van der Waals surface area contributed by atoms with E-state index < -0.39 is 17.7 Å². The van der Waals surface area contributed by atoms with E-state index in [0.717, 1.165) is 25.2 Å². The van der Waals surface area contributed by atoms with Gasteiger partial charge in [0.25, 0.3) is 0 Å². The van der Waals surface area contributed by atoms with Crippen LogP contribution >= 0.6 is 0 Å². The third-order valence-electron chi connectivity index (χ3n) is 4.47. The molecule has 0 saturated carbocycles. The summed E-state index contributed by atoms with van der Waals surface area (Å²) in [7, 11) is 0. The number of anilines is 1. The van der Waals surface area contributed by atoms with Crippen LogP contribution in [0.15, 0.2) is 53.2 Å². The lowest BCUT2D eigenvalue weighted by Crippen LogP contribution is -2.10. The standard InChI is InChI=1S/C21H23FN4O3/c22-17-7-5-6-15(12-17)16(14-21(27)28)13-20-25-19(26-29-20)9-2-4-11-24-18-8-1-3-10-23-18/h1,3,5-8,10,12,16H,2,4,9,11,13-14H2,(H,23,24)(H,27,28). The highest BCUT2D eigenvalue weighted by molar-refractivity contribution is 5.68. The number of hydrogen-bond donors (Lipinski definition) is 2. The minimum absolute atomic E-state index is 0.139. The molecule has 0 bridgehead atoms. The Labute approximate surface area is 168 Å². The molecule has 1 aromatic carbocycles. The van der Waals surface area contributed by atoms with Gasteiger partial charge in [-0.3, -0.25) is 4.79 Å². The number of benzene rings is 1. The van der Waals surface area contributed by atoms with Gasteiger partial charge in [0.15, 0.2) is 5.82 Å². The Balaban J connectivity index is 1.49. The van der Waals surface area contributed by atoms with Gasteiger partial charge in [-0.05, 0) is 42.7 Å². The molecule has 2 N–H and O–H groups in total. The highest BCUT2D eigenvalue weighted by Gasteiger charge is 2.20. The summed E-state index contributed by atoms with van der Waals surface area (Å²) in [5.74, 6) is 0.00587. The highest BCUT2D eigenvalue weighted by atomic mass is 19.1. The van der Waals surface area contributed by atoms with E-state index in [9.17, 15) is 14.3 Å². The van der Waals surface area contributed by atoms with Gasteiger partial charge >= 0.3 is 5.97 Å². The average molecular weight is 398 g/mol. The van der Waals surface area contributed by atoms with Gasteiger partial charge in [-0.25, -0.2) is 9.37 Å². The molecular formula is C21H23FN4O3. The summed E-state index contributed by atoms with van der Waals surface area (Å²) in [6.45, 7) is 0.794. The fraction of sp³-hybridized carbons (Fsp3) is 0.333. The number of aliphatic carboxylic acids is 1. The molecule has 29 heavy (non-hydrogen) atoms. The monoisotopic (exact) mass is 398 g/mol. The first-order valence-corrected chi connectivity index (χ1v) is 9.54. The van der Waals surface area contributed by atoms with Gasteiger partial charge in [-0.15, -0.1) is 0 Å². The van der Waals surface area contributed by atoms with E-state index in [0.29, 0.717) is 23.7 Å². The van der Waals surface area contributed by atoms with Crippen molar-refractivity contribution >= 4 is 11.8 Å². The number of unbranched alkanes of at least 4 members (excludes halogenated alkanes) is 1. The summed E-state index contributed by atoms with van der Waals surface area (Å²) >= 11 is 0. The summed E-state index contributed by atoms with van der Waals surface area (Å²) in [5.41, 5.74) is 0.604. The van der Waals surface area contributed by atoms with Crippen LogP contribution in [0.2, 0.25) is 0 Å². The lowest BCUT2D eigenvalue weighted by Gasteiger charge is -2.13. The minimum atomic E-state index is -0.959. The molecule has 3 rings (SSSR count). The van der Waals surface area contributed by atoms with Gasteiger partial charge in [-0.2, -0.15) is 4.98 Å². The predicted molar refractivity (Wildman–Crippen MR) is 105 cm³/mol. The SMILES string of the molecule is O=C(O)CC(Cc1nc(CCCCNc2ccccn2)no1)c1cccc(F)c1. The lowest BCUT2D eigenvalue weighted by atomic mass is 9.92. The zero-order valence-corrected chi connectivity index (χ0v) is 15.9. The van der Waals surface area contributed by atoms with Gasteiger partial charge in [0.05, 0.1) is 6.42 Å². The quantitative estimate of drug-likeness (QED) is 0.473. The number of nitrogens with zero attached hydrogens (tertiary/aromatic N) is 3. The van der Waals surface area contributed by atoms with Crippen molar-refractivity contribution in [3.63, 3.8) is 0 Å². The first-order chi connectivity index (χ1) is 14.1. The number of aromatic nitrogens is 3. The Kier molecular flexibility index (Phi) is 7.27. The highest BCUT2D eigenvalue weighted by Crippen LogP contribution is 2.24. The van der Waals surface area contributed by atoms with Gasteiger partial charge < -0.3 is 14.9 Å². The maximum atomic E-state index is 13.5. The van der Waals surface area contributed by atoms with Crippen molar-refractivity contribution in [2.45, 2.75) is 38.0 Å². The number of halogens is 1. The maximum Gasteiger partial charge on any atom is 0.303 e. The second kappa shape index (κ2) is 10.3. The second-order valence-electron chi connectivity index (χ2n) is 6.76. The van der Waals surface area contributed by atoms with Gasteiger partial charge in [0.1, 0.15) is 11.6 Å². The number of carbonyl (C=O) groups is 1. The smallest absolute Gasteiger partial charge is 0.303 e. The zero-order valence-electron chi connectivity index (χ0n) is 15.9. The summed E-state index contributed by atoms with van der Waals surface area (Å²) in [4.78, 5) is 19.8. The van der Waals surface area contributed by atoms with Crippen LogP contribution in [-0.4, -0.2) is 32.7 Å². The van der Waals surface area contributed by atoms with Crippen LogP contribution in [-0.2, 0) is 17.6 Å². The van der Waals surface area contributed by atoms with Gasteiger partial charge in [0.2, 0.25) is 5.89 Å². The van der Waals surface area contributed by atoms with Crippen LogP contribution in [0.5, 0.6) is 0 Å². The molecule has 0 spiro atoms. The van der Waals surface area contributed by atoms with Crippen molar-refractivity contribution in [2.24, 2.45) is 0 Å². The van der Waals surface area contributed by atoms with Crippen LogP contribution in [0.4, 0.5) is 10.2 Å². The van der Waals surface area contributed by atoms with Crippen molar-refractivity contribution in [1.82, 2.24) is 15.1 Å². The van der Waals surface area contributed by atoms with E-state index in [1.54, 1.807) is 18.3 Å². The molecule has 2 heterocycles. The minimum Gasteiger partial charge on any atom is -0.481 e. The molecule has 2 aromatic heterocycles. The fourth-order valence-electron chi connectivity index (χ4n) is 3.06. The molecule has 3 aromatic rings. The van der Waals surface area contributed by atoms with E-state index in [-0.39, 0.29) is 12.8 Å². The van der Waals surface area contributed by atoms with Crippen molar-refractivity contribution in [3.8, 4) is 0 Å². The predicted octanol–water partition coefficient (Wildman–Crippen LogP) is 3.84. The summed E-state index contributed by atoms with van der Waals surface area (Å²) in [5, 5.41) is 16.4. The van der Waals surface area contributed by atoms with Crippen LogP contribution in [0.3, 0.4) is 0 Å². The zero-order chi connectivity index (χ0) is 20.5. The normalized spacial score (nSPS) is 11.9. The van der Waals surface area contributed by atoms with Crippen LogP contribution in [0.25, 0.3) is 0 Å². The summed E-state index contributed by atoms with van der Waals surface area (Å²) in [6, 6.07) is 11.7. The van der Waals surface area contributed by atoms with E-state index in [1.165, 1.54) is 12.1 Å². The van der Waals surface area contributed by atoms with E-state index >= 15 is 0 Å². The molecule has 0 fully saturated rings. The lowest BCUT2D eigenvalue weighted by molar-refractivity contribution is -0.137. The van der Waals surface area contributed by atoms with Gasteiger partial charge in [0, 0.05) is 31.5 Å². The topological polar surface area (TPSA) is 101 Å². The molecule has 0 saturated heterocycles. The summed E-state index contributed by atoms with van der Waals surface area (Å²) in [6.07, 6.45) is 4.32. The van der Waals surface area contributed by atoms with Gasteiger partial charge in [-0.1, -0.05) is 23.4 Å². The van der Waals surface area contributed by atoms with Crippen LogP contribution in [0.1, 0.15) is 42.5 Å². The number of carboxylic acid groups (broad SMARTS) is 1. The number of nitrogens with one attached hydrogen (secondary N) is 1. The molecule has 7 nitrogen and oxygen atoms in total. The molecule has 0 aliphatic carbocycles. The molecule has 1 atom stereocenters. The Morgan fingerprint density at radius 3 is 2.86 bits per heavy atom. The van der Waals surface area contributed by atoms with Crippen LogP contribution in [0, 0.1) is 5.82 Å². The molecular weight excluding hydrogens is 375 g/mol. The molecule has 1 unspecified atom stereocenters. The first-order valence-electron chi connectivity index (χ1n) is 9.54. The van der Waals surface area contributed by atoms with Crippen molar-refractivity contribution in [3.05, 3.63) is 71.8 Å². The molecule has 0 amide bonds. The second-order valence-corrected chi connectivity index (χ2v) is 6.76. The molecule has 152 valence electrons. The molecule has 0 aliphatic heterocycles. The Bertz CT molecular complexity index is 917. The summed E-state index contributed by atoms with van der Waals surface area (Å²) < 4.78 is 18.8. The number of rotatable bonds is 11. The van der Waals surface area contributed by atoms with E-state index in [1.807, 2.05) is 18.2 Å². The third kappa shape index (κ3) is 6.67. The molecule has 0 radical (unpaired) electrons. The third-order valence-corrected chi connectivity index (χ3v) is 4.47. The van der Waals surface area contributed by atoms with E-state index in [2.05, 4.69) is 20.4 Å². The van der Waals surface area contributed by atoms with Crippen molar-refractivity contribution < 1.29 is 18.8 Å². The Morgan fingerprint density at radius 2 is 2.10 bits per heavy atom. The number of aryl methyl sites for hydroxylation is 1. The van der Waals surface area contributed by atoms with Crippen LogP contribution < -0.4 is 5.32 Å². The molecule has 0 aliphatic rings. The largest absolute Gasteiger partial charge is 0.481 e.